The molecule has 0 aliphatic carbocycles. The van der Waals surface area contributed by atoms with E-state index >= 15 is 0 Å². The van der Waals surface area contributed by atoms with Gasteiger partial charge in [0.25, 0.3) is 10.2 Å². The van der Waals surface area contributed by atoms with Gasteiger partial charge in [-0.05, 0) is 5.92 Å². The smallest absolute Gasteiger partial charge is 0.294 e. The number of nitrogens with zero attached hydrogens (tertiary/aromatic N) is 2. The average Bonchev–Trinajstić information content (AvgIpc) is 2.12. The molecule has 9 heteroatoms. The summed E-state index contributed by atoms with van der Waals surface area (Å²) in [6.07, 6.45) is -1.10. The van der Waals surface area contributed by atoms with Crippen LogP contribution in [0.5, 0.6) is 0 Å². The topological polar surface area (TPSA) is 114 Å². The first-order valence-corrected chi connectivity index (χ1v) is 4.58. The lowest BCUT2D eigenvalue weighted by Crippen LogP contribution is -2.29. The van der Waals surface area contributed by atoms with E-state index in [0.717, 1.165) is 0 Å². The van der Waals surface area contributed by atoms with Gasteiger partial charge in [0, 0.05) is 6.61 Å². The standard InChI is InChI=1S/C7H14N2O7/c1-6(2)3-14-4-7(16-9(12)13)5-15-8(10)11/h6-7H,3-5H2,1-2H3. The van der Waals surface area contributed by atoms with Crippen LogP contribution in [0.2, 0.25) is 0 Å². The van der Waals surface area contributed by atoms with Gasteiger partial charge in [-0.15, -0.1) is 20.2 Å². The molecule has 1 atom stereocenters. The Morgan fingerprint density at radius 1 is 1.06 bits per heavy atom. The van der Waals surface area contributed by atoms with Gasteiger partial charge in [0.05, 0.1) is 6.61 Å². The number of ether oxygens (including phenoxy) is 1. The van der Waals surface area contributed by atoms with Crippen LogP contribution in [0, 0.1) is 26.1 Å². The zero-order chi connectivity index (χ0) is 12.6. The maximum atomic E-state index is 10.1. The molecule has 0 spiro atoms. The fraction of sp³-hybridized carbons (Fsp3) is 1.00. The molecule has 0 saturated carbocycles. The van der Waals surface area contributed by atoms with E-state index in [2.05, 4.69) is 9.68 Å². The molecule has 94 valence electrons. The van der Waals surface area contributed by atoms with Crippen molar-refractivity contribution in [3.8, 4) is 0 Å². The normalized spacial score (nSPS) is 12.2. The van der Waals surface area contributed by atoms with Gasteiger partial charge in [0.1, 0.15) is 6.61 Å². The third kappa shape index (κ3) is 8.94. The third-order valence-corrected chi connectivity index (χ3v) is 1.36. The highest BCUT2D eigenvalue weighted by atomic mass is 17.0. The van der Waals surface area contributed by atoms with Crippen LogP contribution in [0.25, 0.3) is 0 Å². The molecule has 0 saturated heterocycles. The van der Waals surface area contributed by atoms with Crippen molar-refractivity contribution in [2.45, 2.75) is 20.0 Å². The summed E-state index contributed by atoms with van der Waals surface area (Å²) in [5, 5.41) is 17.9. The van der Waals surface area contributed by atoms with E-state index in [0.29, 0.717) is 6.61 Å². The average molecular weight is 238 g/mol. The van der Waals surface area contributed by atoms with Crippen molar-refractivity contribution >= 4 is 0 Å². The Hall–Kier alpha value is -1.64. The van der Waals surface area contributed by atoms with E-state index in [1.807, 2.05) is 13.8 Å². The van der Waals surface area contributed by atoms with Crippen molar-refractivity contribution in [1.29, 1.82) is 0 Å². The molecule has 0 fully saturated rings. The van der Waals surface area contributed by atoms with E-state index < -0.39 is 22.9 Å². The predicted molar refractivity (Wildman–Crippen MR) is 50.5 cm³/mol. The van der Waals surface area contributed by atoms with Crippen molar-refractivity contribution < 1.29 is 24.6 Å². The lowest BCUT2D eigenvalue weighted by atomic mass is 10.2. The first-order chi connectivity index (χ1) is 7.41. The maximum Gasteiger partial charge on any atom is 0.294 e. The molecule has 0 rings (SSSR count). The summed E-state index contributed by atoms with van der Waals surface area (Å²) in [7, 11) is 0. The monoisotopic (exact) mass is 238 g/mol. The molecule has 0 aromatic carbocycles. The minimum absolute atomic E-state index is 0.132. The Kier molecular flexibility index (Phi) is 6.84. The molecule has 0 N–H and O–H groups in total. The van der Waals surface area contributed by atoms with E-state index in [4.69, 9.17) is 4.74 Å². The van der Waals surface area contributed by atoms with E-state index in [1.165, 1.54) is 0 Å². The molecule has 16 heavy (non-hydrogen) atoms. The summed E-state index contributed by atoms with van der Waals surface area (Å²) in [5.74, 6) is 0.257. The minimum atomic E-state index is -1.10. The van der Waals surface area contributed by atoms with E-state index in [-0.39, 0.29) is 12.5 Å². The molecule has 0 heterocycles. The molecule has 9 nitrogen and oxygen atoms in total. The van der Waals surface area contributed by atoms with Crippen LogP contribution in [0.15, 0.2) is 0 Å². The minimum Gasteiger partial charge on any atom is -0.379 e. The summed E-state index contributed by atoms with van der Waals surface area (Å²) >= 11 is 0. The second-order valence-corrected chi connectivity index (χ2v) is 3.40. The van der Waals surface area contributed by atoms with Crippen LogP contribution in [-0.2, 0) is 14.4 Å². The Morgan fingerprint density at radius 3 is 2.12 bits per heavy atom. The van der Waals surface area contributed by atoms with Crippen LogP contribution in [0.3, 0.4) is 0 Å². The number of hydrogen-bond donors (Lipinski definition) is 0. The number of hydrogen-bond acceptors (Lipinski definition) is 7. The molecule has 0 aromatic heterocycles. The highest BCUT2D eigenvalue weighted by Crippen LogP contribution is 1.99. The number of rotatable bonds is 9. The Balaban J connectivity index is 3.89. The van der Waals surface area contributed by atoms with Crippen molar-refractivity contribution in [1.82, 2.24) is 0 Å². The van der Waals surface area contributed by atoms with Gasteiger partial charge < -0.3 is 14.4 Å². The Morgan fingerprint density at radius 2 is 1.69 bits per heavy atom. The quantitative estimate of drug-likeness (QED) is 0.423. The molecule has 0 aromatic rings. The van der Waals surface area contributed by atoms with Gasteiger partial charge in [0.15, 0.2) is 6.10 Å². The lowest BCUT2D eigenvalue weighted by molar-refractivity contribution is -0.790. The highest BCUT2D eigenvalue weighted by Gasteiger charge is 2.16. The largest absolute Gasteiger partial charge is 0.379 e. The van der Waals surface area contributed by atoms with Gasteiger partial charge in [-0.3, -0.25) is 0 Å². The first-order valence-electron chi connectivity index (χ1n) is 4.58. The van der Waals surface area contributed by atoms with Crippen LogP contribution >= 0.6 is 0 Å². The van der Waals surface area contributed by atoms with Gasteiger partial charge in [-0.25, -0.2) is 0 Å². The zero-order valence-corrected chi connectivity index (χ0v) is 9.03. The third-order valence-electron chi connectivity index (χ3n) is 1.36. The van der Waals surface area contributed by atoms with Crippen molar-refractivity contribution in [3.63, 3.8) is 0 Å². The fourth-order valence-corrected chi connectivity index (χ4v) is 0.810. The van der Waals surface area contributed by atoms with E-state index in [9.17, 15) is 20.2 Å². The predicted octanol–water partition coefficient (Wildman–Crippen LogP) is 0.444. The fourth-order valence-electron chi connectivity index (χ4n) is 0.810. The Bertz CT molecular complexity index is 233. The van der Waals surface area contributed by atoms with Gasteiger partial charge in [-0.1, -0.05) is 13.8 Å². The van der Waals surface area contributed by atoms with Crippen LogP contribution in [0.1, 0.15) is 13.8 Å². The van der Waals surface area contributed by atoms with Crippen LogP contribution < -0.4 is 0 Å². The molecular formula is C7H14N2O7. The zero-order valence-electron chi connectivity index (χ0n) is 9.03. The second kappa shape index (κ2) is 7.63. The Labute approximate surface area is 91.5 Å². The molecule has 0 radical (unpaired) electrons. The SMILES string of the molecule is CC(C)COCC(CO[N+](=O)[O-])O[N+](=O)[O-]. The summed E-state index contributed by atoms with van der Waals surface area (Å²) in [5.41, 5.74) is 0. The van der Waals surface area contributed by atoms with Crippen molar-refractivity contribution in [3.05, 3.63) is 20.2 Å². The molecule has 0 aliphatic rings. The van der Waals surface area contributed by atoms with Gasteiger partial charge in [-0.2, -0.15) is 0 Å². The van der Waals surface area contributed by atoms with Crippen LogP contribution in [-0.4, -0.2) is 36.1 Å². The second-order valence-electron chi connectivity index (χ2n) is 3.40. The molecular weight excluding hydrogens is 224 g/mol. The van der Waals surface area contributed by atoms with E-state index in [1.54, 1.807) is 0 Å². The van der Waals surface area contributed by atoms with Gasteiger partial charge >= 0.3 is 0 Å². The molecule has 0 bridgehead atoms. The summed E-state index contributed by atoms with van der Waals surface area (Å²) in [4.78, 5) is 28.1. The summed E-state index contributed by atoms with van der Waals surface area (Å²) < 4.78 is 5.06. The highest BCUT2D eigenvalue weighted by molar-refractivity contribution is 4.52. The maximum absolute atomic E-state index is 10.1. The van der Waals surface area contributed by atoms with Gasteiger partial charge in [0.2, 0.25) is 0 Å². The molecule has 0 amide bonds. The molecule has 0 aliphatic heterocycles. The van der Waals surface area contributed by atoms with Crippen molar-refractivity contribution in [2.75, 3.05) is 19.8 Å². The van der Waals surface area contributed by atoms with Crippen molar-refractivity contribution in [2.24, 2.45) is 5.92 Å². The summed E-state index contributed by atoms with van der Waals surface area (Å²) in [6.45, 7) is 3.52. The van der Waals surface area contributed by atoms with Crippen LogP contribution in [0.4, 0.5) is 0 Å². The first kappa shape index (κ1) is 14.4. The molecule has 1 unspecified atom stereocenters. The summed E-state index contributed by atoms with van der Waals surface area (Å²) in [6, 6.07) is 0. The lowest BCUT2D eigenvalue weighted by Gasteiger charge is -2.14.